The minimum absolute atomic E-state index is 0.235. The van der Waals surface area contributed by atoms with Crippen LogP contribution in [0.5, 0.6) is 0 Å². The highest BCUT2D eigenvalue weighted by Gasteiger charge is 2.32. The van der Waals surface area contributed by atoms with Crippen LogP contribution in [-0.2, 0) is 13.6 Å². The lowest BCUT2D eigenvalue weighted by Gasteiger charge is -2.19. The van der Waals surface area contributed by atoms with E-state index in [0.717, 1.165) is 30.7 Å². The fraction of sp³-hybridized carbons (Fsp3) is 0. The van der Waals surface area contributed by atoms with Gasteiger partial charge >= 0.3 is 7.82 Å². The molecule has 1 N–H and O–H groups in total. The van der Waals surface area contributed by atoms with Gasteiger partial charge in [0.2, 0.25) is 0 Å². The number of benzene rings is 4. The summed E-state index contributed by atoms with van der Waals surface area (Å²) in [5, 5.41) is 1.21. The van der Waals surface area contributed by atoms with Gasteiger partial charge in [-0.3, -0.25) is 4.89 Å². The molecule has 2 aliphatic heterocycles. The Balaban J connectivity index is 1.40. The predicted molar refractivity (Wildman–Crippen MR) is 152 cm³/mol. The zero-order chi connectivity index (χ0) is 25.6. The highest BCUT2D eigenvalue weighted by atomic mass is 35.5. The van der Waals surface area contributed by atoms with E-state index in [2.05, 4.69) is 0 Å². The van der Waals surface area contributed by atoms with Crippen molar-refractivity contribution in [3.63, 3.8) is 0 Å². The number of hydrogen-bond donors (Lipinski definition) is 1. The Morgan fingerprint density at radius 2 is 1.05 bits per heavy atom. The summed E-state index contributed by atoms with van der Waals surface area (Å²) in [6.45, 7) is 0. The Morgan fingerprint density at radius 1 is 0.622 bits per heavy atom. The van der Waals surface area contributed by atoms with E-state index in [1.165, 1.54) is 23.5 Å². The van der Waals surface area contributed by atoms with Crippen molar-refractivity contribution in [3.8, 4) is 0 Å². The molecule has 184 valence electrons. The van der Waals surface area contributed by atoms with Crippen molar-refractivity contribution in [2.24, 2.45) is 0 Å². The number of halogens is 2. The molecule has 0 aliphatic carbocycles. The average Bonchev–Trinajstić information content (AvgIpc) is 3.10. The molecule has 2 heterocycles. The standard InChI is InChI=1S/C28H17Cl2O4PS2/c29-19-11-9-17-13-23(21-5-1-3-7-25(21)36-27(17)15-19)33-35(31,32)34-24-14-18-10-12-20(30)16-28(18)37-26-8-4-2-6-22(24)26/h1-16H,(H,31,32). The molecule has 0 bridgehead atoms. The van der Waals surface area contributed by atoms with Gasteiger partial charge in [0.25, 0.3) is 0 Å². The van der Waals surface area contributed by atoms with Crippen molar-refractivity contribution < 1.29 is 18.5 Å². The Labute approximate surface area is 232 Å². The van der Waals surface area contributed by atoms with Gasteiger partial charge in [-0.2, -0.15) is 0 Å². The van der Waals surface area contributed by atoms with Gasteiger partial charge in [0.1, 0.15) is 11.5 Å². The first-order chi connectivity index (χ1) is 17.8. The van der Waals surface area contributed by atoms with E-state index >= 15 is 0 Å². The molecule has 4 aromatic rings. The second-order valence-electron chi connectivity index (χ2n) is 8.23. The van der Waals surface area contributed by atoms with Crippen LogP contribution in [0.15, 0.2) is 105 Å². The van der Waals surface area contributed by atoms with E-state index in [9.17, 15) is 9.46 Å². The lowest BCUT2D eigenvalue weighted by Crippen LogP contribution is -1.97. The Morgan fingerprint density at radius 3 is 1.51 bits per heavy atom. The van der Waals surface area contributed by atoms with E-state index in [4.69, 9.17) is 32.2 Å². The van der Waals surface area contributed by atoms with Crippen LogP contribution in [-0.4, -0.2) is 4.89 Å². The van der Waals surface area contributed by atoms with E-state index in [1.807, 2.05) is 72.8 Å². The molecule has 4 aromatic carbocycles. The summed E-state index contributed by atoms with van der Waals surface area (Å²) >= 11 is 15.5. The quantitative estimate of drug-likeness (QED) is 0.242. The second kappa shape index (κ2) is 9.95. The van der Waals surface area contributed by atoms with Crippen LogP contribution < -0.4 is 0 Å². The molecule has 0 atom stereocenters. The average molecular weight is 583 g/mol. The van der Waals surface area contributed by atoms with Crippen molar-refractivity contribution >= 4 is 78.2 Å². The second-order valence-corrected chi connectivity index (χ2v) is 12.6. The monoisotopic (exact) mass is 582 g/mol. The summed E-state index contributed by atoms with van der Waals surface area (Å²) in [6, 6.07) is 26.0. The van der Waals surface area contributed by atoms with Crippen LogP contribution in [0.25, 0.3) is 23.7 Å². The van der Waals surface area contributed by atoms with Gasteiger partial charge < -0.3 is 9.05 Å². The minimum Gasteiger partial charge on any atom is -0.394 e. The van der Waals surface area contributed by atoms with Gasteiger partial charge in [-0.25, -0.2) is 4.57 Å². The summed E-state index contributed by atoms with van der Waals surface area (Å²) < 4.78 is 25.0. The van der Waals surface area contributed by atoms with E-state index in [-0.39, 0.29) is 11.5 Å². The van der Waals surface area contributed by atoms with Gasteiger partial charge in [-0.1, -0.05) is 95.3 Å². The number of fused-ring (bicyclic) bond motifs is 4. The number of phosphoric acid groups is 1. The maximum atomic E-state index is 13.5. The van der Waals surface area contributed by atoms with Crippen molar-refractivity contribution in [2.45, 2.75) is 19.6 Å². The number of rotatable bonds is 4. The molecule has 0 unspecified atom stereocenters. The highest BCUT2D eigenvalue weighted by Crippen LogP contribution is 2.55. The van der Waals surface area contributed by atoms with Crippen LogP contribution in [0.4, 0.5) is 0 Å². The molecule has 6 rings (SSSR count). The topological polar surface area (TPSA) is 55.8 Å². The van der Waals surface area contributed by atoms with Crippen molar-refractivity contribution in [3.05, 3.63) is 117 Å². The largest absolute Gasteiger partial charge is 0.584 e. The molecule has 0 radical (unpaired) electrons. The fourth-order valence-electron chi connectivity index (χ4n) is 4.04. The molecule has 0 spiro atoms. The maximum absolute atomic E-state index is 13.5. The number of phosphoric ester groups is 1. The first kappa shape index (κ1) is 24.7. The molecule has 2 aliphatic rings. The Kier molecular flexibility index (Phi) is 6.66. The molecule has 0 amide bonds. The molecular weight excluding hydrogens is 566 g/mol. The van der Waals surface area contributed by atoms with Gasteiger partial charge in [-0.05, 0) is 59.7 Å². The summed E-state index contributed by atoms with van der Waals surface area (Å²) in [7, 11) is -4.63. The highest BCUT2D eigenvalue weighted by molar-refractivity contribution is 7.99. The van der Waals surface area contributed by atoms with E-state index in [1.54, 1.807) is 24.3 Å². The Hall–Kier alpha value is -2.57. The van der Waals surface area contributed by atoms with Crippen LogP contribution in [0, 0.1) is 0 Å². The zero-order valence-corrected chi connectivity index (χ0v) is 23.0. The summed E-state index contributed by atoms with van der Waals surface area (Å²) in [4.78, 5) is 14.6. The third kappa shape index (κ3) is 5.23. The lowest BCUT2D eigenvalue weighted by molar-refractivity contribution is 0.264. The van der Waals surface area contributed by atoms with E-state index < -0.39 is 7.82 Å². The predicted octanol–water partition coefficient (Wildman–Crippen LogP) is 9.75. The van der Waals surface area contributed by atoms with Gasteiger partial charge in [0.15, 0.2) is 0 Å². The number of hydrogen-bond acceptors (Lipinski definition) is 5. The minimum atomic E-state index is -4.63. The molecule has 0 fully saturated rings. The summed E-state index contributed by atoms with van der Waals surface area (Å²) in [6.07, 6.45) is 3.47. The zero-order valence-electron chi connectivity index (χ0n) is 18.9. The van der Waals surface area contributed by atoms with E-state index in [0.29, 0.717) is 21.2 Å². The van der Waals surface area contributed by atoms with Crippen molar-refractivity contribution in [1.82, 2.24) is 0 Å². The molecule has 0 aromatic heterocycles. The molecule has 4 nitrogen and oxygen atoms in total. The third-order valence-corrected chi connectivity index (χ3v) is 9.32. The maximum Gasteiger partial charge on any atom is 0.584 e. The molecule has 0 saturated carbocycles. The normalized spacial score (nSPS) is 14.0. The Bertz CT molecular complexity index is 1550. The smallest absolute Gasteiger partial charge is 0.394 e. The van der Waals surface area contributed by atoms with Crippen molar-refractivity contribution in [2.75, 3.05) is 0 Å². The van der Waals surface area contributed by atoms with Gasteiger partial charge in [-0.15, -0.1) is 0 Å². The van der Waals surface area contributed by atoms with Gasteiger partial charge in [0.05, 0.1) is 0 Å². The SMILES string of the molecule is O=P(O)(OC1=Cc2ccc(Cl)cc2Sc2ccccc21)OC1=Cc2ccc(Cl)cc2Sc2ccccc21. The first-order valence-electron chi connectivity index (χ1n) is 11.1. The molecule has 0 saturated heterocycles. The fourth-order valence-corrected chi connectivity index (χ4v) is 7.54. The summed E-state index contributed by atoms with van der Waals surface area (Å²) in [5.74, 6) is 0.470. The molecular formula is C28H17Cl2O4PS2. The van der Waals surface area contributed by atoms with Crippen LogP contribution in [0.2, 0.25) is 10.0 Å². The van der Waals surface area contributed by atoms with Gasteiger partial charge in [0, 0.05) is 40.8 Å². The van der Waals surface area contributed by atoms with Crippen LogP contribution in [0.1, 0.15) is 22.3 Å². The first-order valence-corrected chi connectivity index (χ1v) is 15.0. The van der Waals surface area contributed by atoms with Crippen LogP contribution >= 0.6 is 54.5 Å². The molecule has 9 heteroatoms. The van der Waals surface area contributed by atoms with Crippen LogP contribution in [0.3, 0.4) is 0 Å². The molecule has 37 heavy (non-hydrogen) atoms. The third-order valence-electron chi connectivity index (χ3n) is 5.70. The lowest BCUT2D eigenvalue weighted by atomic mass is 10.1. The van der Waals surface area contributed by atoms with Crippen molar-refractivity contribution in [1.29, 1.82) is 0 Å². The summed E-state index contributed by atoms with van der Waals surface area (Å²) in [5.41, 5.74) is 3.01.